The number of hydrogen-bond acceptors (Lipinski definition) is 3. The van der Waals surface area contributed by atoms with Gasteiger partial charge in [-0.1, -0.05) is 12.1 Å². The number of benzene rings is 1. The molecule has 102 valence electrons. The summed E-state index contributed by atoms with van der Waals surface area (Å²) in [7, 11) is -2.38. The lowest BCUT2D eigenvalue weighted by Gasteiger charge is -2.18. The van der Waals surface area contributed by atoms with Crippen molar-refractivity contribution < 1.29 is 17.5 Å². The van der Waals surface area contributed by atoms with Crippen molar-refractivity contribution in [2.75, 3.05) is 20.2 Å². The van der Waals surface area contributed by atoms with Crippen LogP contribution in [0.3, 0.4) is 0 Å². The zero-order valence-electron chi connectivity index (χ0n) is 10.8. The van der Waals surface area contributed by atoms with Crippen molar-refractivity contribution in [3.63, 3.8) is 0 Å². The first-order valence-electron chi connectivity index (χ1n) is 5.68. The Morgan fingerprint density at radius 2 is 1.94 bits per heavy atom. The second kappa shape index (κ2) is 6.26. The van der Waals surface area contributed by atoms with Gasteiger partial charge in [0, 0.05) is 13.6 Å². The van der Waals surface area contributed by atoms with Crippen LogP contribution < -0.4 is 0 Å². The highest BCUT2D eigenvalue weighted by Gasteiger charge is 2.23. The Kier molecular flexibility index (Phi) is 5.25. The van der Waals surface area contributed by atoms with Crippen molar-refractivity contribution in [3.05, 3.63) is 30.1 Å². The third kappa shape index (κ3) is 3.76. The van der Waals surface area contributed by atoms with Gasteiger partial charge in [-0.05, 0) is 26.0 Å². The van der Waals surface area contributed by atoms with E-state index in [1.807, 2.05) is 13.8 Å². The minimum absolute atomic E-state index is 0.0366. The minimum atomic E-state index is -3.79. The van der Waals surface area contributed by atoms with E-state index in [4.69, 9.17) is 4.74 Å². The van der Waals surface area contributed by atoms with Gasteiger partial charge in [-0.15, -0.1) is 0 Å². The first-order valence-corrected chi connectivity index (χ1v) is 7.12. The normalized spacial score (nSPS) is 12.3. The summed E-state index contributed by atoms with van der Waals surface area (Å²) in [5, 5.41) is 0. The fourth-order valence-electron chi connectivity index (χ4n) is 1.36. The highest BCUT2D eigenvalue weighted by atomic mass is 32.2. The first-order chi connectivity index (χ1) is 8.35. The van der Waals surface area contributed by atoms with Crippen molar-refractivity contribution >= 4 is 10.0 Å². The van der Waals surface area contributed by atoms with Crippen LogP contribution in [0.2, 0.25) is 0 Å². The van der Waals surface area contributed by atoms with Gasteiger partial charge in [0.15, 0.2) is 0 Å². The predicted molar refractivity (Wildman–Crippen MR) is 67.3 cm³/mol. The molecule has 0 amide bonds. The monoisotopic (exact) mass is 275 g/mol. The summed E-state index contributed by atoms with van der Waals surface area (Å²) < 4.78 is 43.9. The molecule has 0 unspecified atom stereocenters. The van der Waals surface area contributed by atoms with Gasteiger partial charge in [0.05, 0.1) is 12.7 Å². The highest BCUT2D eigenvalue weighted by molar-refractivity contribution is 7.89. The molecular formula is C12H18FNO3S. The van der Waals surface area contributed by atoms with Crippen LogP contribution in [0, 0.1) is 5.82 Å². The molecule has 1 aromatic rings. The fraction of sp³-hybridized carbons (Fsp3) is 0.500. The molecule has 1 rings (SSSR count). The number of hydrogen-bond donors (Lipinski definition) is 0. The summed E-state index contributed by atoms with van der Waals surface area (Å²) in [6.45, 7) is 4.20. The minimum Gasteiger partial charge on any atom is -0.377 e. The first kappa shape index (κ1) is 15.1. The molecule has 0 N–H and O–H groups in total. The molecular weight excluding hydrogens is 257 g/mol. The highest BCUT2D eigenvalue weighted by Crippen LogP contribution is 2.17. The number of halogens is 1. The molecule has 0 heterocycles. The summed E-state index contributed by atoms with van der Waals surface area (Å²) in [6, 6.07) is 5.33. The van der Waals surface area contributed by atoms with Crippen molar-refractivity contribution in [2.24, 2.45) is 0 Å². The van der Waals surface area contributed by atoms with E-state index < -0.39 is 15.8 Å². The van der Waals surface area contributed by atoms with E-state index in [1.165, 1.54) is 25.2 Å². The second-order valence-electron chi connectivity index (χ2n) is 4.18. The van der Waals surface area contributed by atoms with Gasteiger partial charge in [0.1, 0.15) is 10.7 Å². The average molecular weight is 275 g/mol. The topological polar surface area (TPSA) is 46.6 Å². The molecule has 0 spiro atoms. The fourth-order valence-corrected chi connectivity index (χ4v) is 2.57. The van der Waals surface area contributed by atoms with Crippen molar-refractivity contribution in [2.45, 2.75) is 24.8 Å². The van der Waals surface area contributed by atoms with Crippen LogP contribution in [0.15, 0.2) is 29.2 Å². The van der Waals surface area contributed by atoms with Crippen LogP contribution >= 0.6 is 0 Å². The molecule has 0 bridgehead atoms. The quantitative estimate of drug-likeness (QED) is 0.796. The van der Waals surface area contributed by atoms with Crippen LogP contribution in [-0.2, 0) is 14.8 Å². The molecule has 1 aromatic carbocycles. The molecule has 0 aromatic heterocycles. The van der Waals surface area contributed by atoms with Crippen LogP contribution in [0.5, 0.6) is 0 Å². The molecule has 0 atom stereocenters. The molecule has 0 saturated heterocycles. The zero-order valence-corrected chi connectivity index (χ0v) is 11.6. The van der Waals surface area contributed by atoms with Gasteiger partial charge in [-0.2, -0.15) is 4.31 Å². The smallest absolute Gasteiger partial charge is 0.245 e. The standard InChI is InChI=1S/C12H18FNO3S/c1-10(2)17-9-8-14(3)18(15,16)12-7-5-4-6-11(12)13/h4-7,10H,8-9H2,1-3H3. The van der Waals surface area contributed by atoms with Crippen LogP contribution in [0.4, 0.5) is 4.39 Å². The molecule has 0 radical (unpaired) electrons. The SMILES string of the molecule is CC(C)OCCN(C)S(=O)(=O)c1ccccc1F. The largest absolute Gasteiger partial charge is 0.377 e. The third-order valence-electron chi connectivity index (χ3n) is 2.38. The van der Waals surface area contributed by atoms with E-state index in [-0.39, 0.29) is 24.2 Å². The van der Waals surface area contributed by atoms with Crippen molar-refractivity contribution in [3.8, 4) is 0 Å². The molecule has 0 aliphatic heterocycles. The van der Waals surface area contributed by atoms with Gasteiger partial charge < -0.3 is 4.74 Å². The lowest BCUT2D eigenvalue weighted by Crippen LogP contribution is -2.31. The molecule has 0 aliphatic carbocycles. The molecule has 6 heteroatoms. The van der Waals surface area contributed by atoms with Crippen LogP contribution in [0.25, 0.3) is 0 Å². The maximum absolute atomic E-state index is 13.5. The zero-order chi connectivity index (χ0) is 13.8. The Bertz CT molecular complexity index is 488. The maximum atomic E-state index is 13.5. The maximum Gasteiger partial charge on any atom is 0.245 e. The number of sulfonamides is 1. The Morgan fingerprint density at radius 1 is 1.33 bits per heavy atom. The number of likely N-dealkylation sites (N-methyl/N-ethyl adjacent to an activating group) is 1. The molecule has 0 fully saturated rings. The van der Waals surface area contributed by atoms with Gasteiger partial charge in [0.2, 0.25) is 10.0 Å². The van der Waals surface area contributed by atoms with Gasteiger partial charge in [-0.25, -0.2) is 12.8 Å². The summed E-state index contributed by atoms with van der Waals surface area (Å²) in [5.41, 5.74) is 0. The predicted octanol–water partition coefficient (Wildman–Crippen LogP) is 1.87. The van der Waals surface area contributed by atoms with Gasteiger partial charge in [0.25, 0.3) is 0 Å². The molecule has 4 nitrogen and oxygen atoms in total. The number of ether oxygens (including phenoxy) is 1. The van der Waals surface area contributed by atoms with E-state index in [0.717, 1.165) is 10.4 Å². The van der Waals surface area contributed by atoms with E-state index in [9.17, 15) is 12.8 Å². The summed E-state index contributed by atoms with van der Waals surface area (Å²) in [4.78, 5) is -0.308. The van der Waals surface area contributed by atoms with Crippen LogP contribution in [0.1, 0.15) is 13.8 Å². The Labute approximate surface area is 107 Å². The van der Waals surface area contributed by atoms with E-state index in [1.54, 1.807) is 0 Å². The molecule has 0 aliphatic rings. The number of nitrogens with zero attached hydrogens (tertiary/aromatic N) is 1. The Hall–Kier alpha value is -0.980. The summed E-state index contributed by atoms with van der Waals surface area (Å²) in [5.74, 6) is -0.742. The van der Waals surface area contributed by atoms with E-state index >= 15 is 0 Å². The molecule has 0 saturated carbocycles. The van der Waals surface area contributed by atoms with Gasteiger partial charge >= 0.3 is 0 Å². The second-order valence-corrected chi connectivity index (χ2v) is 6.19. The number of rotatable bonds is 6. The van der Waals surface area contributed by atoms with E-state index in [2.05, 4.69) is 0 Å². The molecule has 18 heavy (non-hydrogen) atoms. The Morgan fingerprint density at radius 3 is 2.50 bits per heavy atom. The van der Waals surface area contributed by atoms with Crippen molar-refractivity contribution in [1.29, 1.82) is 0 Å². The lowest BCUT2D eigenvalue weighted by molar-refractivity contribution is 0.0737. The van der Waals surface area contributed by atoms with Crippen LogP contribution in [-0.4, -0.2) is 39.0 Å². The third-order valence-corrected chi connectivity index (χ3v) is 4.27. The summed E-state index contributed by atoms with van der Waals surface area (Å²) in [6.07, 6.45) is 0.0366. The lowest BCUT2D eigenvalue weighted by atomic mass is 10.4. The average Bonchev–Trinajstić information content (AvgIpc) is 2.28. The van der Waals surface area contributed by atoms with E-state index in [0.29, 0.717) is 0 Å². The summed E-state index contributed by atoms with van der Waals surface area (Å²) >= 11 is 0. The van der Waals surface area contributed by atoms with Crippen molar-refractivity contribution in [1.82, 2.24) is 4.31 Å². The Balaban J connectivity index is 2.78. The van der Waals surface area contributed by atoms with Gasteiger partial charge in [-0.3, -0.25) is 0 Å².